The summed E-state index contributed by atoms with van der Waals surface area (Å²) in [5, 5.41) is 10.5. The van der Waals surface area contributed by atoms with Gasteiger partial charge in [-0.25, -0.2) is 12.8 Å². The van der Waals surface area contributed by atoms with Crippen molar-refractivity contribution in [3.05, 3.63) is 64.0 Å². The second kappa shape index (κ2) is 6.07. The smallest absolute Gasteiger partial charge is 0.277 e. The Morgan fingerprint density at radius 2 is 1.75 bits per heavy atom. The highest BCUT2D eigenvalue weighted by Gasteiger charge is 2.31. The fourth-order valence-electron chi connectivity index (χ4n) is 1.74. The molecule has 1 N–H and O–H groups in total. The van der Waals surface area contributed by atoms with Gasteiger partial charge < -0.3 is 0 Å². The minimum Gasteiger partial charge on any atom is -0.277 e. The molecule has 0 atom stereocenters. The lowest BCUT2D eigenvalue weighted by atomic mass is 10.2. The maximum Gasteiger partial charge on any atom is 0.416 e. The molecule has 0 heterocycles. The van der Waals surface area contributed by atoms with Crippen molar-refractivity contribution in [3.8, 4) is 0 Å². The average Bonchev–Trinajstić information content (AvgIpc) is 2.48. The van der Waals surface area contributed by atoms with Crippen LogP contribution in [0.4, 0.5) is 28.9 Å². The standard InChI is InChI=1S/C13H8F4N2O4S/c14-11-7-9(19(20)21)4-5-12(11)18-24(22,23)10-3-1-2-8(6-10)13(15,16)17/h1-7,18H. The predicted octanol–water partition coefficient (Wildman–Crippen LogP) is 3.55. The molecular formula is C13H8F4N2O4S. The monoisotopic (exact) mass is 364 g/mol. The van der Waals surface area contributed by atoms with Crippen LogP contribution in [0.1, 0.15) is 5.56 Å². The quantitative estimate of drug-likeness (QED) is 0.510. The van der Waals surface area contributed by atoms with E-state index in [0.29, 0.717) is 18.2 Å². The summed E-state index contributed by atoms with van der Waals surface area (Å²) in [5.41, 5.74) is -2.41. The molecule has 0 aromatic heterocycles. The SMILES string of the molecule is O=[N+]([O-])c1ccc(NS(=O)(=O)c2cccc(C(F)(F)F)c2)c(F)c1. The summed E-state index contributed by atoms with van der Waals surface area (Å²) in [7, 11) is -4.51. The Bertz CT molecular complexity index is 897. The number of hydrogen-bond acceptors (Lipinski definition) is 4. The van der Waals surface area contributed by atoms with Gasteiger partial charge in [-0.3, -0.25) is 14.8 Å². The van der Waals surface area contributed by atoms with Crippen LogP contribution in [0.25, 0.3) is 0 Å². The van der Waals surface area contributed by atoms with E-state index in [1.165, 1.54) is 0 Å². The third kappa shape index (κ3) is 3.79. The van der Waals surface area contributed by atoms with Gasteiger partial charge in [0.25, 0.3) is 15.7 Å². The van der Waals surface area contributed by atoms with E-state index in [1.54, 1.807) is 4.72 Å². The highest BCUT2D eigenvalue weighted by atomic mass is 32.2. The zero-order valence-electron chi connectivity index (χ0n) is 11.5. The van der Waals surface area contributed by atoms with Gasteiger partial charge in [0.1, 0.15) is 0 Å². The molecule has 0 aliphatic carbocycles. The van der Waals surface area contributed by atoms with Crippen molar-refractivity contribution in [1.82, 2.24) is 0 Å². The summed E-state index contributed by atoms with van der Waals surface area (Å²) < 4.78 is 77.5. The molecule has 0 bridgehead atoms. The van der Waals surface area contributed by atoms with E-state index in [4.69, 9.17) is 0 Å². The Labute approximate surface area is 132 Å². The lowest BCUT2D eigenvalue weighted by molar-refractivity contribution is -0.385. The molecule has 24 heavy (non-hydrogen) atoms. The van der Waals surface area contributed by atoms with Gasteiger partial charge in [-0.15, -0.1) is 0 Å². The number of rotatable bonds is 4. The number of non-ortho nitro benzene ring substituents is 1. The molecular weight excluding hydrogens is 356 g/mol. The van der Waals surface area contributed by atoms with Crippen LogP contribution >= 0.6 is 0 Å². The van der Waals surface area contributed by atoms with Gasteiger partial charge in [-0.2, -0.15) is 13.2 Å². The maximum atomic E-state index is 13.7. The molecule has 0 saturated carbocycles. The topological polar surface area (TPSA) is 89.3 Å². The van der Waals surface area contributed by atoms with Crippen molar-refractivity contribution < 1.29 is 30.9 Å². The summed E-state index contributed by atoms with van der Waals surface area (Å²) in [6, 6.07) is 5.03. The van der Waals surface area contributed by atoms with Gasteiger partial charge in [0, 0.05) is 6.07 Å². The van der Waals surface area contributed by atoms with Gasteiger partial charge in [-0.1, -0.05) is 6.07 Å². The first-order chi connectivity index (χ1) is 11.0. The van der Waals surface area contributed by atoms with E-state index in [1.807, 2.05) is 0 Å². The number of halogens is 4. The lowest BCUT2D eigenvalue weighted by Crippen LogP contribution is -2.15. The van der Waals surface area contributed by atoms with Crippen molar-refractivity contribution in [2.24, 2.45) is 0 Å². The molecule has 0 unspecified atom stereocenters. The fourth-order valence-corrected chi connectivity index (χ4v) is 2.86. The van der Waals surface area contributed by atoms with E-state index in [0.717, 1.165) is 24.3 Å². The summed E-state index contributed by atoms with van der Waals surface area (Å²) in [5.74, 6) is -1.24. The van der Waals surface area contributed by atoms with Crippen LogP contribution < -0.4 is 4.72 Å². The lowest BCUT2D eigenvalue weighted by Gasteiger charge is -2.11. The number of nitro groups is 1. The Morgan fingerprint density at radius 1 is 1.08 bits per heavy atom. The molecule has 0 saturated heterocycles. The van der Waals surface area contributed by atoms with Crippen molar-refractivity contribution >= 4 is 21.4 Å². The van der Waals surface area contributed by atoms with Crippen LogP contribution in [0.2, 0.25) is 0 Å². The van der Waals surface area contributed by atoms with Crippen molar-refractivity contribution in [3.63, 3.8) is 0 Å². The summed E-state index contributed by atoms with van der Waals surface area (Å²) in [6.45, 7) is 0. The van der Waals surface area contributed by atoms with Crippen molar-refractivity contribution in [2.45, 2.75) is 11.1 Å². The Hall–Kier alpha value is -2.69. The number of nitro benzene ring substituents is 1. The van der Waals surface area contributed by atoms with Gasteiger partial charge in [0.15, 0.2) is 5.82 Å². The number of alkyl halides is 3. The third-order valence-corrected chi connectivity index (χ3v) is 4.24. The van der Waals surface area contributed by atoms with Gasteiger partial charge >= 0.3 is 6.18 Å². The number of anilines is 1. The molecule has 0 amide bonds. The number of sulfonamides is 1. The second-order valence-electron chi connectivity index (χ2n) is 4.55. The highest BCUT2D eigenvalue weighted by Crippen LogP contribution is 2.31. The van der Waals surface area contributed by atoms with Gasteiger partial charge in [0.2, 0.25) is 0 Å². The second-order valence-corrected chi connectivity index (χ2v) is 6.23. The predicted molar refractivity (Wildman–Crippen MR) is 75.3 cm³/mol. The summed E-state index contributed by atoms with van der Waals surface area (Å²) >= 11 is 0. The zero-order valence-corrected chi connectivity index (χ0v) is 12.4. The number of nitrogens with zero attached hydrogens (tertiary/aromatic N) is 1. The molecule has 0 aliphatic rings. The normalized spacial score (nSPS) is 12.0. The van der Waals surface area contributed by atoms with Crippen LogP contribution in [0.15, 0.2) is 47.4 Å². The Morgan fingerprint density at radius 3 is 2.29 bits per heavy atom. The van der Waals surface area contributed by atoms with Crippen molar-refractivity contribution in [1.29, 1.82) is 0 Å². The first-order valence-corrected chi connectivity index (χ1v) is 7.63. The fraction of sp³-hybridized carbons (Fsp3) is 0.0769. The van der Waals surface area contributed by atoms with E-state index < -0.39 is 48.8 Å². The van der Waals surface area contributed by atoms with Crippen LogP contribution in [0.3, 0.4) is 0 Å². The van der Waals surface area contributed by atoms with Gasteiger partial charge in [-0.05, 0) is 24.3 Å². The minimum absolute atomic E-state index is 0.394. The summed E-state index contributed by atoms with van der Waals surface area (Å²) in [6.07, 6.45) is -4.75. The molecule has 6 nitrogen and oxygen atoms in total. The molecule has 11 heteroatoms. The van der Waals surface area contributed by atoms with E-state index in [-0.39, 0.29) is 0 Å². The molecule has 0 aliphatic heterocycles. The maximum absolute atomic E-state index is 13.7. The first-order valence-electron chi connectivity index (χ1n) is 6.15. The van der Waals surface area contributed by atoms with Crippen LogP contribution in [0, 0.1) is 15.9 Å². The zero-order chi connectivity index (χ0) is 18.1. The summed E-state index contributed by atoms with van der Waals surface area (Å²) in [4.78, 5) is 8.89. The van der Waals surface area contributed by atoms with Crippen molar-refractivity contribution in [2.75, 3.05) is 4.72 Å². The third-order valence-electron chi connectivity index (χ3n) is 2.88. The van der Waals surface area contributed by atoms with Crippen LogP contribution in [-0.4, -0.2) is 13.3 Å². The molecule has 2 aromatic rings. The van der Waals surface area contributed by atoms with E-state index in [2.05, 4.69) is 0 Å². The van der Waals surface area contributed by atoms with Crippen LogP contribution in [0.5, 0.6) is 0 Å². The number of benzene rings is 2. The highest BCUT2D eigenvalue weighted by molar-refractivity contribution is 7.92. The number of hydrogen-bond donors (Lipinski definition) is 1. The van der Waals surface area contributed by atoms with E-state index in [9.17, 15) is 36.1 Å². The largest absolute Gasteiger partial charge is 0.416 e. The average molecular weight is 364 g/mol. The molecule has 128 valence electrons. The minimum atomic E-state index is -4.75. The van der Waals surface area contributed by atoms with E-state index >= 15 is 0 Å². The Kier molecular flexibility index (Phi) is 4.47. The number of nitrogens with one attached hydrogen (secondary N) is 1. The van der Waals surface area contributed by atoms with Gasteiger partial charge in [0.05, 0.1) is 27.1 Å². The first kappa shape index (κ1) is 17.7. The Balaban J connectivity index is 2.37. The molecule has 0 radical (unpaired) electrons. The molecule has 0 spiro atoms. The molecule has 0 fully saturated rings. The molecule has 2 rings (SSSR count). The van der Waals surface area contributed by atoms with Crippen LogP contribution in [-0.2, 0) is 16.2 Å². The molecule has 2 aromatic carbocycles.